The topological polar surface area (TPSA) is 74.8 Å². The molecule has 0 heterocycles. The highest BCUT2D eigenvalue weighted by Crippen LogP contribution is 2.27. The molecule has 0 unspecified atom stereocenters. The molecule has 2 aliphatic carbocycles. The second-order valence-electron chi connectivity index (χ2n) is 6.53. The molecule has 3 N–H and O–H groups in total. The fourth-order valence-corrected chi connectivity index (χ4v) is 2.36. The molecule has 2 fully saturated rings. The van der Waals surface area contributed by atoms with Gasteiger partial charge in [-0.3, -0.25) is 9.79 Å². The number of nitrogens with zero attached hydrogens (tertiary/aromatic N) is 1. The summed E-state index contributed by atoms with van der Waals surface area (Å²) in [4.78, 5) is 15.9. The summed E-state index contributed by atoms with van der Waals surface area (Å²) < 4.78 is 5.57. The third kappa shape index (κ3) is 5.76. The fraction of sp³-hybridized carbons (Fsp3) is 0.556. The molecule has 3 rings (SSSR count). The third-order valence-electron chi connectivity index (χ3n) is 4.15. The van der Waals surface area contributed by atoms with Crippen LogP contribution in [-0.4, -0.2) is 38.1 Å². The van der Waals surface area contributed by atoms with Gasteiger partial charge in [0.2, 0.25) is 0 Å². The van der Waals surface area contributed by atoms with E-state index in [9.17, 15) is 4.79 Å². The van der Waals surface area contributed by atoms with Gasteiger partial charge in [-0.1, -0.05) is 12.1 Å². The molecule has 6 nitrogen and oxygen atoms in total. The van der Waals surface area contributed by atoms with Gasteiger partial charge < -0.3 is 20.7 Å². The molecule has 1 amide bonds. The maximum absolute atomic E-state index is 11.7. The van der Waals surface area contributed by atoms with Gasteiger partial charge in [0.15, 0.2) is 12.6 Å². The molecule has 1 aromatic carbocycles. The molecule has 0 aromatic heterocycles. The quantitative estimate of drug-likeness (QED) is 0.498. The van der Waals surface area contributed by atoms with E-state index in [0.29, 0.717) is 18.3 Å². The number of guanidine groups is 1. The minimum Gasteiger partial charge on any atom is -0.484 e. The number of nitrogens with one attached hydrogen (secondary N) is 3. The summed E-state index contributed by atoms with van der Waals surface area (Å²) in [6.07, 6.45) is 4.81. The van der Waals surface area contributed by atoms with Crippen molar-refractivity contribution in [1.29, 1.82) is 0 Å². The highest BCUT2D eigenvalue weighted by atomic mass is 16.5. The number of hydrogen-bond donors (Lipinski definition) is 3. The van der Waals surface area contributed by atoms with Crippen molar-refractivity contribution in [3.8, 4) is 5.75 Å². The van der Waals surface area contributed by atoms with E-state index < -0.39 is 0 Å². The second-order valence-corrected chi connectivity index (χ2v) is 6.53. The predicted octanol–water partition coefficient (Wildman–Crippen LogP) is 1.42. The number of rotatable bonds is 8. The third-order valence-corrected chi connectivity index (χ3v) is 4.15. The normalized spacial score (nSPS) is 17.3. The van der Waals surface area contributed by atoms with E-state index in [0.717, 1.165) is 36.8 Å². The number of carbonyl (C=O) groups is 1. The van der Waals surface area contributed by atoms with Crippen molar-refractivity contribution in [3.63, 3.8) is 0 Å². The predicted molar refractivity (Wildman–Crippen MR) is 94.0 cm³/mol. The maximum atomic E-state index is 11.7. The van der Waals surface area contributed by atoms with Crippen LogP contribution in [0.25, 0.3) is 0 Å². The monoisotopic (exact) mass is 330 g/mol. The Hall–Kier alpha value is -2.24. The van der Waals surface area contributed by atoms with Crippen LogP contribution in [0.2, 0.25) is 0 Å². The number of benzene rings is 1. The molecule has 0 spiro atoms. The summed E-state index contributed by atoms with van der Waals surface area (Å²) >= 11 is 0. The zero-order valence-corrected chi connectivity index (χ0v) is 14.2. The zero-order valence-electron chi connectivity index (χ0n) is 14.2. The Labute approximate surface area is 143 Å². The molecule has 0 radical (unpaired) electrons. The average Bonchev–Trinajstić information content (AvgIpc) is 3.49. The highest BCUT2D eigenvalue weighted by molar-refractivity contribution is 5.79. The van der Waals surface area contributed by atoms with Gasteiger partial charge in [-0.05, 0) is 49.3 Å². The van der Waals surface area contributed by atoms with Gasteiger partial charge in [0, 0.05) is 26.2 Å². The molecule has 0 aliphatic heterocycles. The van der Waals surface area contributed by atoms with Crippen LogP contribution < -0.4 is 20.7 Å². The van der Waals surface area contributed by atoms with E-state index >= 15 is 0 Å². The first kappa shape index (κ1) is 16.6. The highest BCUT2D eigenvalue weighted by Gasteiger charge is 2.23. The van der Waals surface area contributed by atoms with Gasteiger partial charge in [-0.15, -0.1) is 0 Å². The van der Waals surface area contributed by atoms with Crippen LogP contribution in [0.15, 0.2) is 29.3 Å². The van der Waals surface area contributed by atoms with Crippen LogP contribution in [0, 0.1) is 5.92 Å². The van der Waals surface area contributed by atoms with Crippen LogP contribution in [-0.2, 0) is 11.3 Å². The zero-order chi connectivity index (χ0) is 16.8. The average molecular weight is 330 g/mol. The molecule has 2 aliphatic rings. The first-order valence-corrected chi connectivity index (χ1v) is 8.68. The summed E-state index contributed by atoms with van der Waals surface area (Å²) in [5.41, 5.74) is 1.09. The molecule has 0 atom stereocenters. The lowest BCUT2D eigenvalue weighted by Gasteiger charge is -2.12. The molecule has 0 saturated heterocycles. The fourth-order valence-electron chi connectivity index (χ4n) is 2.36. The van der Waals surface area contributed by atoms with Gasteiger partial charge in [-0.2, -0.15) is 0 Å². The Morgan fingerprint density at radius 1 is 1.25 bits per heavy atom. The lowest BCUT2D eigenvalue weighted by atomic mass is 10.2. The van der Waals surface area contributed by atoms with E-state index in [4.69, 9.17) is 4.74 Å². The largest absolute Gasteiger partial charge is 0.484 e. The Morgan fingerprint density at radius 2 is 2.08 bits per heavy atom. The summed E-state index contributed by atoms with van der Waals surface area (Å²) in [6.45, 7) is 1.72. The number of aliphatic imine (C=N–C) groups is 1. The van der Waals surface area contributed by atoms with Crippen molar-refractivity contribution in [2.75, 3.05) is 20.2 Å². The molecule has 130 valence electrons. The van der Waals surface area contributed by atoms with Gasteiger partial charge in [-0.25, -0.2) is 0 Å². The SMILES string of the molecule is CN=C(NCc1cccc(OCC(=O)NC2CC2)c1)NCC1CC1. The number of ether oxygens (including phenoxy) is 1. The van der Waals surface area contributed by atoms with Gasteiger partial charge in [0.1, 0.15) is 5.75 Å². The Kier molecular flexibility index (Phi) is 5.56. The second kappa shape index (κ2) is 8.04. The smallest absolute Gasteiger partial charge is 0.258 e. The number of hydrogen-bond acceptors (Lipinski definition) is 3. The molecular formula is C18H26N4O2. The standard InChI is InChI=1S/C18H26N4O2/c1-19-18(20-10-13-5-6-13)21-11-14-3-2-4-16(9-14)24-12-17(23)22-15-7-8-15/h2-4,9,13,15H,5-8,10-12H2,1H3,(H,22,23)(H2,19,20,21). The van der Waals surface area contributed by atoms with Crippen LogP contribution >= 0.6 is 0 Å². The minimum absolute atomic E-state index is 0.0503. The number of carbonyl (C=O) groups excluding carboxylic acids is 1. The number of amides is 1. The Morgan fingerprint density at radius 3 is 2.79 bits per heavy atom. The van der Waals surface area contributed by atoms with E-state index in [1.807, 2.05) is 24.3 Å². The molecule has 0 bridgehead atoms. The van der Waals surface area contributed by atoms with E-state index in [-0.39, 0.29) is 12.5 Å². The van der Waals surface area contributed by atoms with Gasteiger partial charge >= 0.3 is 0 Å². The summed E-state index contributed by atoms with van der Waals surface area (Å²) in [7, 11) is 1.78. The van der Waals surface area contributed by atoms with E-state index in [2.05, 4.69) is 20.9 Å². The first-order valence-electron chi connectivity index (χ1n) is 8.68. The minimum atomic E-state index is -0.0503. The molecule has 1 aromatic rings. The molecule has 6 heteroatoms. The van der Waals surface area contributed by atoms with Crippen LogP contribution in [0.5, 0.6) is 5.75 Å². The van der Waals surface area contributed by atoms with Crippen LogP contribution in [0.1, 0.15) is 31.2 Å². The summed E-state index contributed by atoms with van der Waals surface area (Å²) in [5.74, 6) is 2.28. The lowest BCUT2D eigenvalue weighted by molar-refractivity contribution is -0.123. The summed E-state index contributed by atoms with van der Waals surface area (Å²) in [5, 5.41) is 9.55. The van der Waals surface area contributed by atoms with Crippen LogP contribution in [0.4, 0.5) is 0 Å². The summed E-state index contributed by atoms with van der Waals surface area (Å²) in [6, 6.07) is 8.15. The van der Waals surface area contributed by atoms with Crippen LogP contribution in [0.3, 0.4) is 0 Å². The van der Waals surface area contributed by atoms with Crippen molar-refractivity contribution in [2.45, 2.75) is 38.3 Å². The van der Waals surface area contributed by atoms with E-state index in [1.165, 1.54) is 12.8 Å². The van der Waals surface area contributed by atoms with Crippen molar-refractivity contribution in [1.82, 2.24) is 16.0 Å². The van der Waals surface area contributed by atoms with Crippen molar-refractivity contribution < 1.29 is 9.53 Å². The van der Waals surface area contributed by atoms with Crippen molar-refractivity contribution in [2.24, 2.45) is 10.9 Å². The molecule has 2 saturated carbocycles. The van der Waals surface area contributed by atoms with Crippen molar-refractivity contribution >= 4 is 11.9 Å². The molecule has 24 heavy (non-hydrogen) atoms. The Bertz CT molecular complexity index is 594. The molecular weight excluding hydrogens is 304 g/mol. The Balaban J connectivity index is 1.42. The van der Waals surface area contributed by atoms with Crippen molar-refractivity contribution in [3.05, 3.63) is 29.8 Å². The van der Waals surface area contributed by atoms with Gasteiger partial charge in [0.25, 0.3) is 5.91 Å². The maximum Gasteiger partial charge on any atom is 0.258 e. The van der Waals surface area contributed by atoms with Gasteiger partial charge in [0.05, 0.1) is 0 Å². The first-order chi connectivity index (χ1) is 11.7. The lowest BCUT2D eigenvalue weighted by Crippen LogP contribution is -2.37. The van der Waals surface area contributed by atoms with E-state index in [1.54, 1.807) is 7.05 Å².